The highest BCUT2D eigenvalue weighted by Crippen LogP contribution is 2.30. The molecule has 1 fully saturated rings. The van der Waals surface area contributed by atoms with E-state index in [2.05, 4.69) is 14.9 Å². The van der Waals surface area contributed by atoms with Crippen LogP contribution >= 0.6 is 0 Å². The first kappa shape index (κ1) is 20.2. The van der Waals surface area contributed by atoms with Crippen molar-refractivity contribution in [3.63, 3.8) is 0 Å². The normalized spacial score (nSPS) is 14.2. The number of aryl methyl sites for hydroxylation is 1. The fraction of sp³-hybridized carbons (Fsp3) is 0.391. The number of H-pyrrole nitrogens is 1. The number of ether oxygens (including phenoxy) is 3. The van der Waals surface area contributed by atoms with Crippen molar-refractivity contribution in [2.24, 2.45) is 0 Å². The Morgan fingerprint density at radius 1 is 1.07 bits per heavy atom. The molecule has 1 aromatic heterocycles. The fourth-order valence-corrected chi connectivity index (χ4v) is 3.88. The third kappa shape index (κ3) is 4.11. The van der Waals surface area contributed by atoms with Crippen molar-refractivity contribution in [1.82, 2.24) is 14.9 Å². The number of nitrogens with one attached hydrogen (secondary N) is 1. The Morgan fingerprint density at radius 2 is 1.87 bits per heavy atom. The molecule has 2 aromatic carbocycles. The quantitative estimate of drug-likeness (QED) is 0.645. The predicted octanol–water partition coefficient (Wildman–Crippen LogP) is 3.39. The number of fused-ring (bicyclic) bond motifs is 1. The van der Waals surface area contributed by atoms with E-state index >= 15 is 0 Å². The van der Waals surface area contributed by atoms with E-state index in [1.165, 1.54) is 20.0 Å². The molecule has 2 heterocycles. The molecule has 158 valence electrons. The van der Waals surface area contributed by atoms with Gasteiger partial charge in [-0.2, -0.15) is 0 Å². The Hall–Kier alpha value is -3.06. The van der Waals surface area contributed by atoms with Crippen LogP contribution < -0.4 is 19.8 Å². The zero-order valence-electron chi connectivity index (χ0n) is 17.7. The van der Waals surface area contributed by atoms with Gasteiger partial charge in [0.2, 0.25) is 0 Å². The van der Waals surface area contributed by atoms with Gasteiger partial charge in [-0.15, -0.1) is 0 Å². The first-order valence-corrected chi connectivity index (χ1v) is 10.2. The van der Waals surface area contributed by atoms with Gasteiger partial charge in [0.15, 0.2) is 0 Å². The Bertz CT molecular complexity index is 1100. The molecule has 30 heavy (non-hydrogen) atoms. The van der Waals surface area contributed by atoms with Crippen molar-refractivity contribution < 1.29 is 14.2 Å². The number of benzene rings is 2. The Labute approximate surface area is 175 Å². The summed E-state index contributed by atoms with van der Waals surface area (Å²) in [6, 6.07) is 9.24. The summed E-state index contributed by atoms with van der Waals surface area (Å²) in [5, 5.41) is 0.403. The van der Waals surface area contributed by atoms with Gasteiger partial charge in [0, 0.05) is 24.2 Å². The first-order valence-electron chi connectivity index (χ1n) is 10.2. The van der Waals surface area contributed by atoms with E-state index in [1.807, 2.05) is 25.1 Å². The Morgan fingerprint density at radius 3 is 2.57 bits per heavy atom. The van der Waals surface area contributed by atoms with Gasteiger partial charge >= 0.3 is 0 Å². The van der Waals surface area contributed by atoms with E-state index in [4.69, 9.17) is 14.2 Å². The molecule has 0 aliphatic carbocycles. The lowest BCUT2D eigenvalue weighted by atomic mass is 10.1. The summed E-state index contributed by atoms with van der Waals surface area (Å²) in [6.07, 6.45) is 2.56. The van der Waals surface area contributed by atoms with Gasteiger partial charge in [0.05, 0.1) is 19.7 Å². The number of nitrogens with zero attached hydrogens (tertiary/aromatic N) is 2. The fourth-order valence-electron chi connectivity index (χ4n) is 3.88. The Kier molecular flexibility index (Phi) is 5.90. The van der Waals surface area contributed by atoms with Crippen molar-refractivity contribution in [1.29, 1.82) is 0 Å². The van der Waals surface area contributed by atoms with Gasteiger partial charge in [-0.25, -0.2) is 4.98 Å². The number of methoxy groups -OCH3 is 2. The van der Waals surface area contributed by atoms with Crippen LogP contribution in [0.15, 0.2) is 35.1 Å². The molecule has 7 heteroatoms. The molecule has 4 rings (SSSR count). The molecule has 0 bridgehead atoms. The highest BCUT2D eigenvalue weighted by atomic mass is 16.5. The molecule has 7 nitrogen and oxygen atoms in total. The summed E-state index contributed by atoms with van der Waals surface area (Å²) in [4.78, 5) is 22.7. The van der Waals surface area contributed by atoms with E-state index in [-0.39, 0.29) is 5.56 Å². The molecule has 0 saturated carbocycles. The van der Waals surface area contributed by atoms with Gasteiger partial charge in [-0.05, 0) is 56.6 Å². The number of likely N-dealkylation sites (tertiary alicyclic amines) is 1. The number of aromatic amines is 1. The second-order valence-electron chi connectivity index (χ2n) is 7.52. The molecular formula is C23H27N3O4. The maximum atomic E-state index is 12.7. The third-order valence-corrected chi connectivity index (χ3v) is 5.51. The van der Waals surface area contributed by atoms with Gasteiger partial charge in [-0.1, -0.05) is 0 Å². The summed E-state index contributed by atoms with van der Waals surface area (Å²) in [6.45, 7) is 5.95. The number of aromatic nitrogens is 2. The van der Waals surface area contributed by atoms with Crippen LogP contribution in [0.5, 0.6) is 17.2 Å². The zero-order chi connectivity index (χ0) is 21.1. The van der Waals surface area contributed by atoms with Crippen LogP contribution in [0.2, 0.25) is 0 Å². The van der Waals surface area contributed by atoms with Crippen molar-refractivity contribution in [2.45, 2.75) is 19.8 Å². The smallest absolute Gasteiger partial charge is 0.262 e. The lowest BCUT2D eigenvalue weighted by molar-refractivity contribution is 0.237. The molecule has 3 aromatic rings. The topological polar surface area (TPSA) is 76.7 Å². The van der Waals surface area contributed by atoms with Gasteiger partial charge in [0.25, 0.3) is 5.56 Å². The van der Waals surface area contributed by atoms with E-state index in [0.29, 0.717) is 34.8 Å². The maximum absolute atomic E-state index is 12.7. The minimum atomic E-state index is -0.252. The third-order valence-electron chi connectivity index (χ3n) is 5.51. The van der Waals surface area contributed by atoms with Crippen LogP contribution in [0.1, 0.15) is 18.4 Å². The van der Waals surface area contributed by atoms with E-state index in [0.717, 1.165) is 36.5 Å². The predicted molar refractivity (Wildman–Crippen MR) is 117 cm³/mol. The zero-order valence-corrected chi connectivity index (χ0v) is 17.7. The average molecular weight is 409 g/mol. The summed E-state index contributed by atoms with van der Waals surface area (Å²) in [7, 11) is 3.09. The average Bonchev–Trinajstić information content (AvgIpc) is 3.27. The number of hydrogen-bond acceptors (Lipinski definition) is 6. The summed E-state index contributed by atoms with van der Waals surface area (Å²) in [5.74, 6) is 2.36. The van der Waals surface area contributed by atoms with Crippen molar-refractivity contribution in [3.05, 3.63) is 46.2 Å². The van der Waals surface area contributed by atoms with E-state index < -0.39 is 0 Å². The summed E-state index contributed by atoms with van der Waals surface area (Å²) < 4.78 is 16.6. The largest absolute Gasteiger partial charge is 0.497 e. The number of hydrogen-bond donors (Lipinski definition) is 1. The van der Waals surface area contributed by atoms with Crippen LogP contribution in [-0.4, -0.2) is 55.3 Å². The molecule has 0 radical (unpaired) electrons. The van der Waals surface area contributed by atoms with Crippen LogP contribution in [0, 0.1) is 6.92 Å². The number of rotatable bonds is 7. The molecule has 0 amide bonds. The standard InChI is InChI=1S/C23H27N3O4/c1-15-12-16(6-7-19(15)30-11-10-26-8-4-5-9-26)22-24-18-13-17(28-2)14-20(29-3)21(18)23(27)25-22/h6-7,12-14H,4-5,8-11H2,1-3H3,(H,24,25,27). The van der Waals surface area contributed by atoms with Crippen LogP contribution in [0.25, 0.3) is 22.3 Å². The summed E-state index contributed by atoms with van der Waals surface area (Å²) >= 11 is 0. The summed E-state index contributed by atoms with van der Waals surface area (Å²) in [5.41, 5.74) is 2.09. The van der Waals surface area contributed by atoms with E-state index in [9.17, 15) is 4.79 Å². The molecule has 0 spiro atoms. The molecule has 0 atom stereocenters. The van der Waals surface area contributed by atoms with Crippen LogP contribution in [0.4, 0.5) is 0 Å². The highest BCUT2D eigenvalue weighted by Gasteiger charge is 2.14. The van der Waals surface area contributed by atoms with Crippen molar-refractivity contribution in [2.75, 3.05) is 40.5 Å². The minimum absolute atomic E-state index is 0.252. The first-order chi connectivity index (χ1) is 14.6. The van der Waals surface area contributed by atoms with Crippen LogP contribution in [0.3, 0.4) is 0 Å². The second kappa shape index (κ2) is 8.75. The van der Waals surface area contributed by atoms with Crippen molar-refractivity contribution in [3.8, 4) is 28.6 Å². The highest BCUT2D eigenvalue weighted by molar-refractivity contribution is 5.87. The molecule has 1 aliphatic heterocycles. The lowest BCUT2D eigenvalue weighted by Crippen LogP contribution is -2.25. The minimum Gasteiger partial charge on any atom is -0.497 e. The monoisotopic (exact) mass is 409 g/mol. The van der Waals surface area contributed by atoms with Gasteiger partial charge in [-0.3, -0.25) is 9.69 Å². The maximum Gasteiger partial charge on any atom is 0.262 e. The van der Waals surface area contributed by atoms with Gasteiger partial charge < -0.3 is 19.2 Å². The molecular weight excluding hydrogens is 382 g/mol. The molecule has 0 unspecified atom stereocenters. The molecule has 1 aliphatic rings. The second-order valence-corrected chi connectivity index (χ2v) is 7.52. The molecule has 1 saturated heterocycles. The van der Waals surface area contributed by atoms with Crippen LogP contribution in [-0.2, 0) is 0 Å². The SMILES string of the molecule is COc1cc(OC)c2c(=O)[nH]c(-c3ccc(OCCN4CCCC4)c(C)c3)nc2c1. The van der Waals surface area contributed by atoms with Crippen molar-refractivity contribution >= 4 is 10.9 Å². The van der Waals surface area contributed by atoms with E-state index in [1.54, 1.807) is 19.2 Å². The van der Waals surface area contributed by atoms with Gasteiger partial charge in [0.1, 0.15) is 35.1 Å². The lowest BCUT2D eigenvalue weighted by Gasteiger charge is -2.16. The molecule has 1 N–H and O–H groups in total. The Balaban J connectivity index is 1.60.